The van der Waals surface area contributed by atoms with Crippen LogP contribution in [0.25, 0.3) is 0 Å². The van der Waals surface area contributed by atoms with Crippen LogP contribution in [0.5, 0.6) is 0 Å². The van der Waals surface area contributed by atoms with Crippen molar-refractivity contribution in [1.82, 2.24) is 15.5 Å². The first-order valence-electron chi connectivity index (χ1n) is 11.4. The molecule has 3 atom stereocenters. The van der Waals surface area contributed by atoms with E-state index in [0.29, 0.717) is 11.5 Å². The van der Waals surface area contributed by atoms with Crippen molar-refractivity contribution in [3.8, 4) is 0 Å². The van der Waals surface area contributed by atoms with Gasteiger partial charge in [0.25, 0.3) is 5.91 Å². The lowest BCUT2D eigenvalue weighted by Crippen LogP contribution is -2.44. The zero-order valence-electron chi connectivity index (χ0n) is 19.8. The van der Waals surface area contributed by atoms with E-state index in [1.165, 1.54) is 29.8 Å². The first-order valence-corrected chi connectivity index (χ1v) is 11.4. The molecular weight excluding hydrogens is 421 g/mol. The lowest BCUT2D eigenvalue weighted by molar-refractivity contribution is -0.135. The molecule has 1 aliphatic rings. The van der Waals surface area contributed by atoms with Crippen molar-refractivity contribution in [2.75, 3.05) is 6.54 Å². The van der Waals surface area contributed by atoms with Crippen LogP contribution in [0, 0.1) is 11.7 Å². The molecule has 2 N–H and O–H groups in total. The number of amides is 4. The molecule has 1 aliphatic heterocycles. The highest BCUT2D eigenvalue weighted by Crippen LogP contribution is 2.29. The summed E-state index contributed by atoms with van der Waals surface area (Å²) in [7, 11) is 0. The smallest absolute Gasteiger partial charge is 0.325 e. The Hall–Kier alpha value is -3.22. The van der Waals surface area contributed by atoms with Crippen molar-refractivity contribution in [2.45, 2.75) is 58.5 Å². The Bertz CT molecular complexity index is 1020. The van der Waals surface area contributed by atoms with E-state index in [9.17, 15) is 18.8 Å². The Kier molecular flexibility index (Phi) is 7.20. The minimum absolute atomic E-state index is 0.107. The fourth-order valence-electron chi connectivity index (χ4n) is 4.08. The highest BCUT2D eigenvalue weighted by molar-refractivity contribution is 6.09. The topological polar surface area (TPSA) is 78.5 Å². The van der Waals surface area contributed by atoms with Crippen LogP contribution in [0.4, 0.5) is 9.18 Å². The van der Waals surface area contributed by atoms with Crippen molar-refractivity contribution in [1.29, 1.82) is 0 Å². The van der Waals surface area contributed by atoms with Crippen molar-refractivity contribution >= 4 is 17.8 Å². The molecule has 0 saturated carbocycles. The molecule has 6 nitrogen and oxygen atoms in total. The number of rotatable bonds is 8. The average molecular weight is 454 g/mol. The second-order valence-electron chi connectivity index (χ2n) is 9.22. The summed E-state index contributed by atoms with van der Waals surface area (Å²) in [5.41, 5.74) is 1.31. The number of nitrogens with zero attached hydrogens (tertiary/aromatic N) is 1. The number of halogens is 1. The second kappa shape index (κ2) is 9.73. The molecule has 0 spiro atoms. The van der Waals surface area contributed by atoms with Gasteiger partial charge in [0, 0.05) is 0 Å². The molecule has 33 heavy (non-hydrogen) atoms. The number of nitrogens with one attached hydrogen (secondary N) is 2. The quantitative estimate of drug-likeness (QED) is 0.573. The molecule has 0 bridgehead atoms. The molecule has 3 rings (SSSR count). The summed E-state index contributed by atoms with van der Waals surface area (Å²) in [4.78, 5) is 39.3. The van der Waals surface area contributed by atoms with Gasteiger partial charge in [-0.05, 0) is 54.0 Å². The predicted molar refractivity (Wildman–Crippen MR) is 125 cm³/mol. The van der Waals surface area contributed by atoms with Gasteiger partial charge in [-0.1, -0.05) is 64.1 Å². The van der Waals surface area contributed by atoms with E-state index < -0.39 is 35.7 Å². The van der Waals surface area contributed by atoms with Crippen molar-refractivity contribution < 1.29 is 18.8 Å². The Morgan fingerprint density at radius 1 is 1.03 bits per heavy atom. The van der Waals surface area contributed by atoms with E-state index in [1.807, 2.05) is 26.0 Å². The number of carbonyl (C=O) groups excluding carboxylic acids is 3. The maximum absolute atomic E-state index is 13.3. The summed E-state index contributed by atoms with van der Waals surface area (Å²) in [6.07, 6.45) is 1.05. The van der Waals surface area contributed by atoms with Crippen molar-refractivity contribution in [3.63, 3.8) is 0 Å². The highest BCUT2D eigenvalue weighted by atomic mass is 19.1. The maximum Gasteiger partial charge on any atom is 0.325 e. The van der Waals surface area contributed by atoms with Crippen LogP contribution in [0.2, 0.25) is 0 Å². The zero-order chi connectivity index (χ0) is 24.3. The van der Waals surface area contributed by atoms with E-state index >= 15 is 0 Å². The second-order valence-corrected chi connectivity index (χ2v) is 9.22. The highest BCUT2D eigenvalue weighted by Gasteiger charge is 2.49. The van der Waals surface area contributed by atoms with Crippen molar-refractivity contribution in [3.05, 3.63) is 71.0 Å². The standard InChI is InChI=1S/C26H32FN3O3/c1-6-17(4)18-7-9-19(10-8-18)23(16(2)3)28-22(31)15-30-24(32)26(5,29-25(30)33)20-11-13-21(27)14-12-20/h7-14,16-17,23H,6,15H2,1-5H3,(H,28,31)(H,29,33). The molecule has 2 aromatic carbocycles. The summed E-state index contributed by atoms with van der Waals surface area (Å²) in [6, 6.07) is 12.7. The number of hydrogen-bond acceptors (Lipinski definition) is 3. The summed E-state index contributed by atoms with van der Waals surface area (Å²) < 4.78 is 13.3. The fourth-order valence-corrected chi connectivity index (χ4v) is 4.08. The summed E-state index contributed by atoms with van der Waals surface area (Å²) in [6.45, 7) is 9.49. The molecule has 1 heterocycles. The molecule has 1 saturated heterocycles. The van der Waals surface area contributed by atoms with Crippen LogP contribution in [0.1, 0.15) is 69.7 Å². The van der Waals surface area contributed by atoms with E-state index in [1.54, 1.807) is 6.92 Å². The number of urea groups is 1. The fraction of sp³-hybridized carbons (Fsp3) is 0.423. The lowest BCUT2D eigenvalue weighted by Gasteiger charge is -2.25. The molecule has 3 unspecified atom stereocenters. The molecule has 7 heteroatoms. The number of carbonyl (C=O) groups is 3. The van der Waals surface area contributed by atoms with Crippen LogP contribution < -0.4 is 10.6 Å². The Labute approximate surface area is 194 Å². The van der Waals surface area contributed by atoms with Gasteiger partial charge in [0.05, 0.1) is 6.04 Å². The minimum atomic E-state index is -1.35. The van der Waals surface area contributed by atoms with Gasteiger partial charge in [0.1, 0.15) is 17.9 Å². The molecule has 176 valence electrons. The van der Waals surface area contributed by atoms with E-state index in [-0.39, 0.29) is 12.0 Å². The Balaban J connectivity index is 1.72. The van der Waals surface area contributed by atoms with E-state index in [0.717, 1.165) is 16.9 Å². The van der Waals surface area contributed by atoms with Gasteiger partial charge in [0.15, 0.2) is 0 Å². The van der Waals surface area contributed by atoms with E-state index in [2.05, 4.69) is 36.6 Å². The summed E-state index contributed by atoms with van der Waals surface area (Å²) >= 11 is 0. The first-order chi connectivity index (χ1) is 15.6. The molecular formula is C26H32FN3O3. The summed E-state index contributed by atoms with van der Waals surface area (Å²) in [5.74, 6) is -0.843. The number of hydrogen-bond donors (Lipinski definition) is 2. The van der Waals surface area contributed by atoms with Crippen LogP contribution in [-0.2, 0) is 15.1 Å². The third-order valence-corrected chi connectivity index (χ3v) is 6.46. The van der Waals surface area contributed by atoms with Gasteiger partial charge >= 0.3 is 6.03 Å². The maximum atomic E-state index is 13.3. The van der Waals surface area contributed by atoms with Crippen LogP contribution in [0.3, 0.4) is 0 Å². The molecule has 0 aromatic heterocycles. The average Bonchev–Trinajstić information content (AvgIpc) is 3.01. The minimum Gasteiger partial charge on any atom is -0.347 e. The monoisotopic (exact) mass is 453 g/mol. The van der Waals surface area contributed by atoms with Crippen LogP contribution in [-0.4, -0.2) is 29.3 Å². The zero-order valence-corrected chi connectivity index (χ0v) is 19.8. The normalized spacial score (nSPS) is 20.0. The third-order valence-electron chi connectivity index (χ3n) is 6.46. The van der Waals surface area contributed by atoms with Crippen LogP contribution >= 0.6 is 0 Å². The molecule has 1 fully saturated rings. The van der Waals surface area contributed by atoms with Gasteiger partial charge < -0.3 is 10.6 Å². The van der Waals surface area contributed by atoms with Gasteiger partial charge in [-0.25, -0.2) is 9.18 Å². The van der Waals surface area contributed by atoms with Gasteiger partial charge in [-0.15, -0.1) is 0 Å². The largest absolute Gasteiger partial charge is 0.347 e. The van der Waals surface area contributed by atoms with Crippen molar-refractivity contribution in [2.24, 2.45) is 5.92 Å². The SMILES string of the molecule is CCC(C)c1ccc(C(NC(=O)CN2C(=O)NC(C)(c3ccc(F)cc3)C2=O)C(C)C)cc1. The number of imide groups is 1. The lowest BCUT2D eigenvalue weighted by atomic mass is 9.92. The number of benzene rings is 2. The molecule has 0 aliphatic carbocycles. The Morgan fingerprint density at radius 2 is 1.61 bits per heavy atom. The van der Waals surface area contributed by atoms with Crippen LogP contribution in [0.15, 0.2) is 48.5 Å². The predicted octanol–water partition coefficient (Wildman–Crippen LogP) is 4.62. The third kappa shape index (κ3) is 5.07. The molecule has 0 radical (unpaired) electrons. The van der Waals surface area contributed by atoms with Gasteiger partial charge in [-0.3, -0.25) is 14.5 Å². The van der Waals surface area contributed by atoms with Gasteiger partial charge in [-0.2, -0.15) is 0 Å². The van der Waals surface area contributed by atoms with E-state index in [4.69, 9.17) is 0 Å². The summed E-state index contributed by atoms with van der Waals surface area (Å²) in [5, 5.41) is 5.61. The molecule has 4 amide bonds. The first kappa shape index (κ1) is 24.4. The Morgan fingerprint density at radius 3 is 2.15 bits per heavy atom. The molecule has 2 aromatic rings. The van der Waals surface area contributed by atoms with Gasteiger partial charge in [0.2, 0.25) is 5.91 Å².